The lowest BCUT2D eigenvalue weighted by atomic mass is 10.1. The van der Waals surface area contributed by atoms with E-state index < -0.39 is 11.2 Å². The topological polar surface area (TPSA) is 69.7 Å². The summed E-state index contributed by atoms with van der Waals surface area (Å²) in [6.45, 7) is 10.6. The molecule has 17 heavy (non-hydrogen) atoms. The average molecular weight is 246 g/mol. The van der Waals surface area contributed by atoms with Crippen molar-refractivity contribution >= 4 is 0 Å². The number of hydrogen-bond acceptors (Lipinski definition) is 4. The molecule has 0 aromatic rings. The Labute approximate surface area is 106 Å². The van der Waals surface area contributed by atoms with Gasteiger partial charge in [0.2, 0.25) is 0 Å². The van der Waals surface area contributed by atoms with Gasteiger partial charge in [0, 0.05) is 13.1 Å². The van der Waals surface area contributed by atoms with E-state index in [-0.39, 0.29) is 0 Å². The van der Waals surface area contributed by atoms with Crippen molar-refractivity contribution in [1.29, 1.82) is 0 Å². The first kappa shape index (κ1) is 16.8. The molecule has 4 heteroatoms. The number of rotatable bonds is 3. The van der Waals surface area contributed by atoms with Crippen LogP contribution in [0.4, 0.5) is 0 Å². The smallest absolute Gasteiger partial charge is 0.0718 e. The predicted octanol–water partition coefficient (Wildman–Crippen LogP) is 0.959. The van der Waals surface area contributed by atoms with E-state index >= 15 is 0 Å². The third-order valence-corrected chi connectivity index (χ3v) is 2.56. The van der Waals surface area contributed by atoms with Crippen LogP contribution >= 0.6 is 0 Å². The van der Waals surface area contributed by atoms with E-state index in [0.717, 1.165) is 6.54 Å². The fourth-order valence-corrected chi connectivity index (χ4v) is 1.66. The van der Waals surface area contributed by atoms with E-state index in [0.29, 0.717) is 6.54 Å². The van der Waals surface area contributed by atoms with Crippen molar-refractivity contribution in [2.24, 2.45) is 5.73 Å². The van der Waals surface area contributed by atoms with E-state index in [9.17, 15) is 5.11 Å². The Morgan fingerprint density at radius 3 is 1.65 bits per heavy atom. The quantitative estimate of drug-likeness (QED) is 0.694. The highest BCUT2D eigenvalue weighted by molar-refractivity contribution is 4.74. The lowest BCUT2D eigenvalue weighted by molar-refractivity contribution is 0.0302. The Balaban J connectivity index is 0.000000366. The second-order valence-corrected chi connectivity index (χ2v) is 6.17. The molecule has 0 bridgehead atoms. The van der Waals surface area contributed by atoms with Crippen LogP contribution in [0, 0.1) is 0 Å². The third kappa shape index (κ3) is 12.1. The minimum Gasteiger partial charge on any atom is -0.389 e. The Morgan fingerprint density at radius 2 is 1.35 bits per heavy atom. The van der Waals surface area contributed by atoms with Crippen LogP contribution in [0.15, 0.2) is 0 Å². The minimum absolute atomic E-state index is 0.326. The summed E-state index contributed by atoms with van der Waals surface area (Å²) in [5.74, 6) is 0. The lowest BCUT2D eigenvalue weighted by Gasteiger charge is -2.31. The summed E-state index contributed by atoms with van der Waals surface area (Å²) >= 11 is 0. The van der Waals surface area contributed by atoms with Gasteiger partial charge in [0.1, 0.15) is 0 Å². The molecule has 0 unspecified atom stereocenters. The van der Waals surface area contributed by atoms with Gasteiger partial charge >= 0.3 is 0 Å². The average Bonchev–Trinajstić information content (AvgIpc) is 2.16. The Kier molecular flexibility index (Phi) is 7.24. The molecule has 0 aromatic heterocycles. The van der Waals surface area contributed by atoms with E-state index in [4.69, 9.17) is 10.8 Å². The molecule has 0 spiro atoms. The summed E-state index contributed by atoms with van der Waals surface area (Å²) in [6, 6.07) is 0. The van der Waals surface area contributed by atoms with Gasteiger partial charge in [-0.25, -0.2) is 0 Å². The fraction of sp³-hybridized carbons (Fsp3) is 1.00. The Bertz CT molecular complexity index is 189. The van der Waals surface area contributed by atoms with Crippen LogP contribution in [0.3, 0.4) is 0 Å². The minimum atomic E-state index is -0.681. The van der Waals surface area contributed by atoms with Crippen molar-refractivity contribution in [3.05, 3.63) is 0 Å². The van der Waals surface area contributed by atoms with Crippen molar-refractivity contribution < 1.29 is 10.2 Å². The zero-order valence-electron chi connectivity index (χ0n) is 11.9. The molecule has 1 aliphatic rings. The zero-order valence-corrected chi connectivity index (χ0v) is 11.9. The summed E-state index contributed by atoms with van der Waals surface area (Å²) in [7, 11) is 0. The fourth-order valence-electron chi connectivity index (χ4n) is 1.66. The molecule has 0 radical (unpaired) electrons. The molecule has 1 heterocycles. The van der Waals surface area contributed by atoms with Crippen LogP contribution < -0.4 is 5.73 Å². The molecule has 1 rings (SSSR count). The van der Waals surface area contributed by atoms with Gasteiger partial charge in [0.15, 0.2) is 0 Å². The second-order valence-electron chi connectivity index (χ2n) is 6.17. The number of nitrogens with zero attached hydrogens (tertiary/aromatic N) is 1. The number of β-amino-alcohol motifs (C(OH)–C–C–N with tert-alkyl or cyclic N) is 1. The molecule has 1 fully saturated rings. The van der Waals surface area contributed by atoms with E-state index in [1.165, 1.54) is 32.4 Å². The summed E-state index contributed by atoms with van der Waals surface area (Å²) in [5, 5.41) is 18.2. The maximum Gasteiger partial charge on any atom is 0.0718 e. The van der Waals surface area contributed by atoms with Gasteiger partial charge < -0.3 is 20.8 Å². The molecule has 0 atom stereocenters. The largest absolute Gasteiger partial charge is 0.389 e. The predicted molar refractivity (Wildman–Crippen MR) is 71.9 cm³/mol. The molecule has 0 aromatic carbocycles. The highest BCUT2D eigenvalue weighted by Gasteiger charge is 2.19. The number of piperidine rings is 1. The van der Waals surface area contributed by atoms with Crippen LogP contribution in [0.5, 0.6) is 0 Å². The van der Waals surface area contributed by atoms with Crippen molar-refractivity contribution in [3.8, 4) is 0 Å². The maximum absolute atomic E-state index is 9.53. The van der Waals surface area contributed by atoms with Crippen molar-refractivity contribution in [2.45, 2.75) is 58.2 Å². The third-order valence-electron chi connectivity index (χ3n) is 2.56. The van der Waals surface area contributed by atoms with E-state index in [1.807, 2.05) is 13.8 Å². The van der Waals surface area contributed by atoms with Gasteiger partial charge in [-0.3, -0.25) is 0 Å². The van der Waals surface area contributed by atoms with Gasteiger partial charge in [-0.2, -0.15) is 0 Å². The Hall–Kier alpha value is -0.160. The second kappa shape index (κ2) is 7.31. The molecule has 1 saturated heterocycles. The first-order valence-corrected chi connectivity index (χ1v) is 6.51. The summed E-state index contributed by atoms with van der Waals surface area (Å²) in [5.41, 5.74) is 3.86. The molecule has 0 saturated carbocycles. The van der Waals surface area contributed by atoms with Gasteiger partial charge in [-0.05, 0) is 53.6 Å². The summed E-state index contributed by atoms with van der Waals surface area (Å²) < 4.78 is 0. The molecular formula is C13H30N2O2. The number of aliphatic hydroxyl groups is 2. The normalized spacial score (nSPS) is 18.5. The molecule has 104 valence electrons. The summed E-state index contributed by atoms with van der Waals surface area (Å²) in [6.07, 6.45) is 3.97. The number of hydrogen-bond donors (Lipinski definition) is 3. The number of nitrogens with two attached hydrogens (primary N) is 1. The first-order valence-electron chi connectivity index (χ1n) is 6.51. The number of likely N-dealkylation sites (tertiary alicyclic amines) is 1. The van der Waals surface area contributed by atoms with Crippen LogP contribution in [0.2, 0.25) is 0 Å². The van der Waals surface area contributed by atoms with Gasteiger partial charge in [-0.1, -0.05) is 6.42 Å². The molecule has 0 aliphatic carbocycles. The van der Waals surface area contributed by atoms with Gasteiger partial charge in [0.05, 0.1) is 11.2 Å². The molecule has 4 nitrogen and oxygen atoms in total. The van der Waals surface area contributed by atoms with Crippen LogP contribution in [0.1, 0.15) is 47.0 Å². The van der Waals surface area contributed by atoms with Crippen molar-refractivity contribution in [1.82, 2.24) is 4.90 Å². The standard InChI is InChI=1S/C9H19NO.C4H11NO/c1-9(2,11)8-10-6-4-3-5-7-10;1-4(2,6)3-5/h11H,3-8H2,1-2H3;6H,3,5H2,1-2H3. The zero-order chi connectivity index (χ0) is 13.5. The van der Waals surface area contributed by atoms with Crippen molar-refractivity contribution in [2.75, 3.05) is 26.2 Å². The van der Waals surface area contributed by atoms with E-state index in [2.05, 4.69) is 4.90 Å². The molecule has 4 N–H and O–H groups in total. The van der Waals surface area contributed by atoms with Gasteiger partial charge in [-0.15, -0.1) is 0 Å². The molecule has 0 amide bonds. The highest BCUT2D eigenvalue weighted by atomic mass is 16.3. The summed E-state index contributed by atoms with van der Waals surface area (Å²) in [4.78, 5) is 2.35. The van der Waals surface area contributed by atoms with Crippen LogP contribution in [-0.4, -0.2) is 52.5 Å². The lowest BCUT2D eigenvalue weighted by Crippen LogP contribution is -2.41. The molecular weight excluding hydrogens is 216 g/mol. The maximum atomic E-state index is 9.53. The van der Waals surface area contributed by atoms with Crippen LogP contribution in [0.25, 0.3) is 0 Å². The highest BCUT2D eigenvalue weighted by Crippen LogP contribution is 2.12. The monoisotopic (exact) mass is 246 g/mol. The van der Waals surface area contributed by atoms with E-state index in [1.54, 1.807) is 13.8 Å². The first-order chi connectivity index (χ1) is 7.64. The van der Waals surface area contributed by atoms with Crippen molar-refractivity contribution in [3.63, 3.8) is 0 Å². The Morgan fingerprint density at radius 1 is 0.941 bits per heavy atom. The van der Waals surface area contributed by atoms with Crippen LogP contribution in [-0.2, 0) is 0 Å². The van der Waals surface area contributed by atoms with Gasteiger partial charge in [0.25, 0.3) is 0 Å². The SMILES string of the molecule is CC(C)(O)CN.CC(C)(O)CN1CCCCC1. The molecule has 1 aliphatic heterocycles.